The molecule has 0 radical (unpaired) electrons. The van der Waals surface area contributed by atoms with E-state index in [-0.39, 0.29) is 0 Å². The Morgan fingerprint density at radius 2 is 1.89 bits per heavy atom. The van der Waals surface area contributed by atoms with Crippen LogP contribution in [0.4, 0.5) is 11.8 Å². The number of hydrogen-bond acceptors (Lipinski definition) is 8. The summed E-state index contributed by atoms with van der Waals surface area (Å²) >= 11 is 1.74. The molecule has 1 saturated heterocycles. The molecule has 2 aromatic rings. The summed E-state index contributed by atoms with van der Waals surface area (Å²) in [5.41, 5.74) is 2.06. The van der Waals surface area contributed by atoms with Crippen molar-refractivity contribution in [1.29, 1.82) is 5.26 Å². The molecule has 1 aromatic carbocycles. The van der Waals surface area contributed by atoms with E-state index in [4.69, 9.17) is 4.98 Å². The van der Waals surface area contributed by atoms with E-state index < -0.39 is 0 Å². The Labute approximate surface area is 225 Å². The summed E-state index contributed by atoms with van der Waals surface area (Å²) in [6, 6.07) is 12.1. The van der Waals surface area contributed by atoms with Crippen LogP contribution < -0.4 is 21.3 Å². The first kappa shape index (κ1) is 25.0. The highest BCUT2D eigenvalue weighted by Gasteiger charge is 2.55. The first-order chi connectivity index (χ1) is 18.1. The summed E-state index contributed by atoms with van der Waals surface area (Å²) < 4.78 is 0. The van der Waals surface area contributed by atoms with Gasteiger partial charge in [-0.2, -0.15) is 10.2 Å². The van der Waals surface area contributed by atoms with E-state index in [0.717, 1.165) is 37.4 Å². The summed E-state index contributed by atoms with van der Waals surface area (Å²) in [7, 11) is 0. The van der Waals surface area contributed by atoms with E-state index in [9.17, 15) is 5.26 Å². The lowest BCUT2D eigenvalue weighted by atomic mass is 9.48. The van der Waals surface area contributed by atoms with Crippen LogP contribution in [0.15, 0.2) is 35.4 Å². The zero-order chi connectivity index (χ0) is 25.2. The monoisotopic (exact) mass is 517 g/mol. The molecule has 1 aromatic heterocycles. The molecule has 8 heteroatoms. The maximum atomic E-state index is 9.73. The van der Waals surface area contributed by atoms with Crippen LogP contribution in [0.1, 0.15) is 56.1 Å². The molecule has 5 aliphatic rings. The maximum Gasteiger partial charge on any atom is 0.224 e. The first-order valence-corrected chi connectivity index (χ1v) is 15.2. The molecular weight excluding hydrogens is 478 g/mol. The van der Waals surface area contributed by atoms with E-state index in [1.807, 2.05) is 0 Å². The van der Waals surface area contributed by atoms with Gasteiger partial charge < -0.3 is 21.3 Å². The number of hydrogen-bond donors (Lipinski definition) is 4. The fraction of sp³-hybridized carbons (Fsp3) is 0.621. The number of nitrogens with zero attached hydrogens (tertiary/aromatic N) is 3. The van der Waals surface area contributed by atoms with Crippen molar-refractivity contribution in [1.82, 2.24) is 20.6 Å². The van der Waals surface area contributed by atoms with Gasteiger partial charge in [0.1, 0.15) is 17.5 Å². The van der Waals surface area contributed by atoms with E-state index >= 15 is 0 Å². The minimum Gasteiger partial charge on any atom is -0.368 e. The standard InChI is InChI=1S/C29H39N7S/c1-37-25-5-3-2-4-20(25)16-32-28-33-17-23(15-30)27(36-28)34-18-29-12-19-10-21(13-29)26(22(11-19)14-29)35-24-6-8-31-9-7-24/h2-5,17,19,21-22,24,26,31,35H,6-14,16,18H2,1H3,(H2,32,33,34,36)/t19?,21-,22+,26?,29?. The molecular formula is C29H39N7S. The Morgan fingerprint density at radius 1 is 1.11 bits per heavy atom. The molecule has 7 nitrogen and oxygen atoms in total. The third-order valence-electron chi connectivity index (χ3n) is 9.34. The van der Waals surface area contributed by atoms with E-state index in [0.29, 0.717) is 41.4 Å². The molecule has 2 heterocycles. The van der Waals surface area contributed by atoms with Crippen LogP contribution in [0.3, 0.4) is 0 Å². The normalized spacial score (nSPS) is 30.7. The van der Waals surface area contributed by atoms with Gasteiger partial charge >= 0.3 is 0 Å². The summed E-state index contributed by atoms with van der Waals surface area (Å²) in [6.45, 7) is 3.86. The van der Waals surface area contributed by atoms with Gasteiger partial charge in [-0.25, -0.2) is 4.98 Å². The van der Waals surface area contributed by atoms with Crippen LogP contribution in [-0.4, -0.2) is 47.9 Å². The van der Waals surface area contributed by atoms with Crippen molar-refractivity contribution < 1.29 is 0 Å². The van der Waals surface area contributed by atoms with Crippen LogP contribution in [0, 0.1) is 34.5 Å². The van der Waals surface area contributed by atoms with E-state index in [1.165, 1.54) is 55.4 Å². The molecule has 196 valence electrons. The SMILES string of the molecule is CSc1ccccc1CNc1ncc(C#N)c(NCC23CC4C[C@H](C2)C(NC2CCNCC2)[C@@H](C4)C3)n1. The van der Waals surface area contributed by atoms with Gasteiger partial charge in [-0.3, -0.25) is 0 Å². The molecule has 37 heavy (non-hydrogen) atoms. The van der Waals surface area contributed by atoms with Crippen molar-refractivity contribution in [3.8, 4) is 6.07 Å². The highest BCUT2D eigenvalue weighted by atomic mass is 32.2. The molecule has 4 aliphatic carbocycles. The lowest BCUT2D eigenvalue weighted by molar-refractivity contribution is -0.0727. The van der Waals surface area contributed by atoms with Crippen LogP contribution in [0.25, 0.3) is 0 Å². The van der Waals surface area contributed by atoms with Crippen molar-refractivity contribution >= 4 is 23.5 Å². The van der Waals surface area contributed by atoms with Gasteiger partial charge in [-0.1, -0.05) is 18.2 Å². The third-order valence-corrected chi connectivity index (χ3v) is 10.2. The second-order valence-electron chi connectivity index (χ2n) is 11.8. The second-order valence-corrected chi connectivity index (χ2v) is 12.6. The molecule has 1 aliphatic heterocycles. The van der Waals surface area contributed by atoms with Gasteiger partial charge in [0.15, 0.2) is 0 Å². The quantitative estimate of drug-likeness (QED) is 0.358. The number of aromatic nitrogens is 2. The highest BCUT2D eigenvalue weighted by molar-refractivity contribution is 7.98. The molecule has 0 spiro atoms. The van der Waals surface area contributed by atoms with Gasteiger partial charge in [-0.05, 0) is 99.1 Å². The average molecular weight is 518 g/mol. The third kappa shape index (κ3) is 5.32. The fourth-order valence-corrected chi connectivity index (χ4v) is 8.54. The summed E-state index contributed by atoms with van der Waals surface area (Å²) in [5, 5.41) is 24.4. The van der Waals surface area contributed by atoms with Crippen LogP contribution in [-0.2, 0) is 6.54 Å². The molecule has 7 rings (SSSR count). The molecule has 5 fully saturated rings. The highest BCUT2D eigenvalue weighted by Crippen LogP contribution is 2.60. The Hall–Kier alpha value is -2.34. The van der Waals surface area contributed by atoms with Crippen molar-refractivity contribution in [3.05, 3.63) is 41.6 Å². The summed E-state index contributed by atoms with van der Waals surface area (Å²) in [6.07, 6.45) is 12.9. The van der Waals surface area contributed by atoms with Gasteiger partial charge in [-0.15, -0.1) is 11.8 Å². The lowest BCUT2D eigenvalue weighted by Crippen LogP contribution is -2.61. The Balaban J connectivity index is 1.11. The van der Waals surface area contributed by atoms with Gasteiger partial charge in [0.2, 0.25) is 5.95 Å². The van der Waals surface area contributed by atoms with Crippen molar-refractivity contribution in [3.63, 3.8) is 0 Å². The number of anilines is 2. The number of nitriles is 1. The molecule has 4 N–H and O–H groups in total. The summed E-state index contributed by atoms with van der Waals surface area (Å²) in [5.74, 6) is 3.67. The van der Waals surface area contributed by atoms with Crippen molar-refractivity contribution in [2.24, 2.45) is 23.2 Å². The summed E-state index contributed by atoms with van der Waals surface area (Å²) in [4.78, 5) is 10.4. The zero-order valence-corrected chi connectivity index (χ0v) is 22.6. The molecule has 5 atom stereocenters. The molecule has 4 saturated carbocycles. The van der Waals surface area contributed by atoms with E-state index in [1.54, 1.807) is 18.0 Å². The Kier molecular flexibility index (Phi) is 7.29. The molecule has 3 unspecified atom stereocenters. The van der Waals surface area contributed by atoms with Gasteiger partial charge in [0.05, 0.1) is 6.20 Å². The number of thioether (sulfide) groups is 1. The number of benzene rings is 1. The second kappa shape index (κ2) is 10.8. The van der Waals surface area contributed by atoms with Crippen LogP contribution in [0.5, 0.6) is 0 Å². The van der Waals surface area contributed by atoms with E-state index in [2.05, 4.69) is 62.8 Å². The largest absolute Gasteiger partial charge is 0.368 e. The van der Waals surface area contributed by atoms with Crippen LogP contribution in [0.2, 0.25) is 0 Å². The predicted molar refractivity (Wildman–Crippen MR) is 150 cm³/mol. The smallest absolute Gasteiger partial charge is 0.224 e. The van der Waals surface area contributed by atoms with Gasteiger partial charge in [0, 0.05) is 30.1 Å². The van der Waals surface area contributed by atoms with Crippen molar-refractivity contribution in [2.45, 2.75) is 68.5 Å². The fourth-order valence-electron chi connectivity index (χ4n) is 7.92. The maximum absolute atomic E-state index is 9.73. The minimum absolute atomic E-state index is 0.325. The molecule has 4 bridgehead atoms. The van der Waals surface area contributed by atoms with Crippen molar-refractivity contribution in [2.75, 3.05) is 36.5 Å². The lowest BCUT2D eigenvalue weighted by Gasteiger charge is -2.61. The number of nitrogens with one attached hydrogen (secondary N) is 4. The minimum atomic E-state index is 0.325. The number of piperidine rings is 1. The van der Waals surface area contributed by atoms with Gasteiger partial charge in [0.25, 0.3) is 0 Å². The number of rotatable bonds is 9. The Morgan fingerprint density at radius 3 is 2.65 bits per heavy atom. The first-order valence-electron chi connectivity index (χ1n) is 14.0. The molecule has 0 amide bonds. The average Bonchev–Trinajstić information content (AvgIpc) is 2.93. The topological polar surface area (TPSA) is 97.7 Å². The van der Waals surface area contributed by atoms with Crippen LogP contribution >= 0.6 is 11.8 Å². The Bertz CT molecular complexity index is 1130. The zero-order valence-electron chi connectivity index (χ0n) is 21.8. The predicted octanol–water partition coefficient (Wildman–Crippen LogP) is 4.63.